The smallest absolute Gasteiger partial charge is 0.223 e. The van der Waals surface area contributed by atoms with Crippen molar-refractivity contribution >= 4 is 5.91 Å². The van der Waals surface area contributed by atoms with Gasteiger partial charge >= 0.3 is 0 Å². The molecule has 0 aliphatic carbocycles. The molecule has 0 saturated carbocycles. The highest BCUT2D eigenvalue weighted by atomic mass is 16.5. The normalized spacial score (nSPS) is 15.5. The summed E-state index contributed by atoms with van der Waals surface area (Å²) in [6.07, 6.45) is 2.73. The van der Waals surface area contributed by atoms with Crippen molar-refractivity contribution in [3.63, 3.8) is 0 Å². The average molecular weight is 306 g/mol. The zero-order valence-electron chi connectivity index (χ0n) is 13.3. The minimum absolute atomic E-state index is 0.182. The second-order valence-corrected chi connectivity index (χ2v) is 5.57. The molecule has 1 aromatic carbocycles. The van der Waals surface area contributed by atoms with Crippen LogP contribution in [-0.2, 0) is 16.1 Å². The van der Waals surface area contributed by atoms with Crippen molar-refractivity contribution in [2.45, 2.75) is 25.9 Å². The van der Waals surface area contributed by atoms with Crippen LogP contribution >= 0.6 is 0 Å². The van der Waals surface area contributed by atoms with Crippen molar-refractivity contribution in [2.75, 3.05) is 33.4 Å². The Hall–Kier alpha value is -1.59. The van der Waals surface area contributed by atoms with Crippen molar-refractivity contribution < 1.29 is 14.3 Å². The molecule has 2 rings (SSSR count). The van der Waals surface area contributed by atoms with Gasteiger partial charge in [0.1, 0.15) is 5.75 Å². The number of amides is 1. The SMILES string of the molecule is COc1ccc(COCCCNC(=O)C2CCNCC2)cc1. The largest absolute Gasteiger partial charge is 0.497 e. The molecule has 0 radical (unpaired) electrons. The maximum absolute atomic E-state index is 11.9. The number of nitrogens with one attached hydrogen (secondary N) is 2. The van der Waals surface area contributed by atoms with Gasteiger partial charge in [0.2, 0.25) is 5.91 Å². The van der Waals surface area contributed by atoms with E-state index in [0.29, 0.717) is 19.8 Å². The molecule has 1 aromatic rings. The maximum atomic E-state index is 11.9. The first-order chi connectivity index (χ1) is 10.8. The highest BCUT2D eigenvalue weighted by molar-refractivity contribution is 5.78. The first-order valence-electron chi connectivity index (χ1n) is 7.98. The second-order valence-electron chi connectivity index (χ2n) is 5.57. The summed E-state index contributed by atoms with van der Waals surface area (Å²) in [5, 5.41) is 6.27. The van der Waals surface area contributed by atoms with Gasteiger partial charge in [0.25, 0.3) is 0 Å². The molecule has 5 nitrogen and oxygen atoms in total. The fraction of sp³-hybridized carbons (Fsp3) is 0.588. The Bertz CT molecular complexity index is 442. The summed E-state index contributed by atoms with van der Waals surface area (Å²) in [6, 6.07) is 7.85. The van der Waals surface area contributed by atoms with Crippen LogP contribution in [0.5, 0.6) is 5.75 Å². The van der Waals surface area contributed by atoms with Gasteiger partial charge in [-0.1, -0.05) is 12.1 Å². The van der Waals surface area contributed by atoms with Crippen LogP contribution in [-0.4, -0.2) is 39.3 Å². The van der Waals surface area contributed by atoms with Gasteiger partial charge in [-0.25, -0.2) is 0 Å². The summed E-state index contributed by atoms with van der Waals surface area (Å²) in [5.41, 5.74) is 1.12. The molecule has 0 unspecified atom stereocenters. The summed E-state index contributed by atoms with van der Waals surface area (Å²) in [6.45, 7) is 3.82. The van der Waals surface area contributed by atoms with Crippen LogP contribution in [0.4, 0.5) is 0 Å². The summed E-state index contributed by atoms with van der Waals surface area (Å²) in [5.74, 6) is 1.22. The molecular weight excluding hydrogens is 280 g/mol. The third-order valence-corrected chi connectivity index (χ3v) is 3.90. The summed E-state index contributed by atoms with van der Waals surface area (Å²) in [4.78, 5) is 11.9. The minimum atomic E-state index is 0.182. The van der Waals surface area contributed by atoms with E-state index in [0.717, 1.165) is 43.7 Å². The van der Waals surface area contributed by atoms with Crippen molar-refractivity contribution in [1.29, 1.82) is 0 Å². The van der Waals surface area contributed by atoms with E-state index in [-0.39, 0.29) is 11.8 Å². The summed E-state index contributed by atoms with van der Waals surface area (Å²) < 4.78 is 10.7. The number of hydrogen-bond acceptors (Lipinski definition) is 4. The minimum Gasteiger partial charge on any atom is -0.497 e. The molecule has 2 N–H and O–H groups in total. The number of carbonyl (C=O) groups is 1. The number of benzene rings is 1. The number of carbonyl (C=O) groups excluding carboxylic acids is 1. The predicted octanol–water partition coefficient (Wildman–Crippen LogP) is 1.72. The van der Waals surface area contributed by atoms with Crippen LogP contribution in [0.1, 0.15) is 24.8 Å². The van der Waals surface area contributed by atoms with Crippen LogP contribution in [0.2, 0.25) is 0 Å². The van der Waals surface area contributed by atoms with Crippen LogP contribution in [0.15, 0.2) is 24.3 Å². The number of hydrogen-bond donors (Lipinski definition) is 2. The van der Waals surface area contributed by atoms with Gasteiger partial charge in [0.05, 0.1) is 13.7 Å². The fourth-order valence-electron chi connectivity index (χ4n) is 2.53. The monoisotopic (exact) mass is 306 g/mol. The molecule has 0 atom stereocenters. The van der Waals surface area contributed by atoms with E-state index in [1.54, 1.807) is 7.11 Å². The van der Waals surface area contributed by atoms with E-state index >= 15 is 0 Å². The molecule has 122 valence electrons. The molecule has 1 aliphatic rings. The van der Waals surface area contributed by atoms with Gasteiger partial charge in [-0.15, -0.1) is 0 Å². The van der Waals surface area contributed by atoms with Crippen molar-refractivity contribution in [3.8, 4) is 5.75 Å². The van der Waals surface area contributed by atoms with Gasteiger partial charge < -0.3 is 20.1 Å². The van der Waals surface area contributed by atoms with Crippen molar-refractivity contribution in [1.82, 2.24) is 10.6 Å². The van der Waals surface area contributed by atoms with Gasteiger partial charge in [0.15, 0.2) is 0 Å². The van der Waals surface area contributed by atoms with Crippen molar-refractivity contribution in [3.05, 3.63) is 29.8 Å². The van der Waals surface area contributed by atoms with E-state index in [1.165, 1.54) is 0 Å². The van der Waals surface area contributed by atoms with E-state index in [4.69, 9.17) is 9.47 Å². The van der Waals surface area contributed by atoms with Crippen LogP contribution in [0, 0.1) is 5.92 Å². The molecular formula is C17H26N2O3. The molecule has 1 saturated heterocycles. The maximum Gasteiger partial charge on any atom is 0.223 e. The Morgan fingerprint density at radius 3 is 2.68 bits per heavy atom. The molecule has 1 amide bonds. The van der Waals surface area contributed by atoms with E-state index in [9.17, 15) is 4.79 Å². The molecule has 1 aliphatic heterocycles. The standard InChI is InChI=1S/C17H26N2O3/c1-21-16-5-3-14(4-6-16)13-22-12-2-9-19-17(20)15-7-10-18-11-8-15/h3-6,15,18H,2,7-13H2,1H3,(H,19,20). The lowest BCUT2D eigenvalue weighted by Crippen LogP contribution is -2.38. The van der Waals surface area contributed by atoms with Crippen molar-refractivity contribution in [2.24, 2.45) is 5.92 Å². The second kappa shape index (κ2) is 9.43. The Labute approximate surface area is 132 Å². The zero-order chi connectivity index (χ0) is 15.6. The fourth-order valence-corrected chi connectivity index (χ4v) is 2.53. The van der Waals surface area contributed by atoms with Gasteiger partial charge in [0, 0.05) is 19.1 Å². The number of piperidine rings is 1. The summed E-state index contributed by atoms with van der Waals surface area (Å²) >= 11 is 0. The predicted molar refractivity (Wildman–Crippen MR) is 85.9 cm³/mol. The van der Waals surface area contributed by atoms with Crippen LogP contribution < -0.4 is 15.4 Å². The lowest BCUT2D eigenvalue weighted by Gasteiger charge is -2.21. The number of ether oxygens (including phenoxy) is 2. The highest BCUT2D eigenvalue weighted by Gasteiger charge is 2.19. The zero-order valence-corrected chi connectivity index (χ0v) is 13.3. The lowest BCUT2D eigenvalue weighted by molar-refractivity contribution is -0.125. The van der Waals surface area contributed by atoms with Gasteiger partial charge in [-0.05, 0) is 50.0 Å². The van der Waals surface area contributed by atoms with Gasteiger partial charge in [-0.2, -0.15) is 0 Å². The first kappa shape index (κ1) is 16.8. The van der Waals surface area contributed by atoms with Gasteiger partial charge in [-0.3, -0.25) is 4.79 Å². The number of rotatable bonds is 8. The highest BCUT2D eigenvalue weighted by Crippen LogP contribution is 2.12. The molecule has 0 aromatic heterocycles. The Kier molecular flexibility index (Phi) is 7.19. The number of methoxy groups -OCH3 is 1. The average Bonchev–Trinajstić information content (AvgIpc) is 2.59. The van der Waals surface area contributed by atoms with Crippen LogP contribution in [0.25, 0.3) is 0 Å². The van der Waals surface area contributed by atoms with E-state index < -0.39 is 0 Å². The topological polar surface area (TPSA) is 59.6 Å². The Balaban J connectivity index is 1.52. The molecule has 22 heavy (non-hydrogen) atoms. The molecule has 1 fully saturated rings. The Morgan fingerprint density at radius 2 is 2.00 bits per heavy atom. The summed E-state index contributed by atoms with van der Waals surface area (Å²) in [7, 11) is 1.66. The van der Waals surface area contributed by atoms with E-state index in [2.05, 4.69) is 10.6 Å². The molecule has 1 heterocycles. The third-order valence-electron chi connectivity index (χ3n) is 3.90. The molecule has 0 bridgehead atoms. The third kappa shape index (κ3) is 5.66. The first-order valence-corrected chi connectivity index (χ1v) is 7.98. The van der Waals surface area contributed by atoms with E-state index in [1.807, 2.05) is 24.3 Å². The quantitative estimate of drug-likeness (QED) is 0.718. The Morgan fingerprint density at radius 1 is 1.27 bits per heavy atom. The lowest BCUT2D eigenvalue weighted by atomic mass is 9.97. The van der Waals surface area contributed by atoms with Crippen LogP contribution in [0.3, 0.4) is 0 Å². The molecule has 0 spiro atoms. The molecule has 5 heteroatoms.